The van der Waals surface area contributed by atoms with E-state index >= 15 is 0 Å². The van der Waals surface area contributed by atoms with Crippen LogP contribution in [-0.4, -0.2) is 19.8 Å². The van der Waals surface area contributed by atoms with Crippen molar-refractivity contribution < 1.29 is 22.5 Å². The van der Waals surface area contributed by atoms with E-state index in [4.69, 9.17) is 0 Å². The summed E-state index contributed by atoms with van der Waals surface area (Å²) in [6.07, 6.45) is -1.30. The molecule has 0 saturated carbocycles. The molecule has 2 unspecified atom stereocenters. The molecule has 2 nitrogen and oxygen atoms in total. The first-order valence-corrected chi connectivity index (χ1v) is 8.78. The molecule has 3 rings (SSSR count). The molecule has 0 radical (unpaired) electrons. The number of aryl methyl sites for hydroxylation is 1. The number of halogens is 3. The Balaban J connectivity index is 1.98. The lowest BCUT2D eigenvalue weighted by molar-refractivity contribution is -0.138. The highest BCUT2D eigenvalue weighted by atomic mass is 32.2. The van der Waals surface area contributed by atoms with Gasteiger partial charge in [-0.2, -0.15) is 13.2 Å². The van der Waals surface area contributed by atoms with Crippen molar-refractivity contribution in [3.63, 3.8) is 0 Å². The summed E-state index contributed by atoms with van der Waals surface area (Å²) in [7, 11) is -0.965. The van der Waals surface area contributed by atoms with Gasteiger partial charge in [0.1, 0.15) is 0 Å². The van der Waals surface area contributed by atoms with E-state index in [2.05, 4.69) is 0 Å². The van der Waals surface area contributed by atoms with E-state index < -0.39 is 28.1 Å². The molecule has 2 aliphatic heterocycles. The highest BCUT2D eigenvalue weighted by molar-refractivity contribution is 7.86. The van der Waals surface area contributed by atoms with E-state index in [-0.39, 0.29) is 28.9 Å². The highest BCUT2D eigenvalue weighted by Gasteiger charge is 2.47. The van der Waals surface area contributed by atoms with Crippen molar-refractivity contribution in [1.82, 2.24) is 0 Å². The summed E-state index contributed by atoms with van der Waals surface area (Å²) in [6, 6.07) is 4.06. The summed E-state index contributed by atoms with van der Waals surface area (Å²) in [5.74, 6) is 0. The Kier molecular flexibility index (Phi) is 3.88. The van der Waals surface area contributed by atoms with Crippen LogP contribution in [0.2, 0.25) is 0 Å². The summed E-state index contributed by atoms with van der Waals surface area (Å²) in [6.45, 7) is 1.42. The fourth-order valence-corrected chi connectivity index (χ4v) is 5.96. The highest BCUT2D eigenvalue weighted by Crippen LogP contribution is 2.45. The predicted octanol–water partition coefficient (Wildman–Crippen LogP) is 3.67. The predicted molar refractivity (Wildman–Crippen MR) is 78.9 cm³/mol. The lowest BCUT2D eigenvalue weighted by Gasteiger charge is -2.44. The van der Waals surface area contributed by atoms with E-state index in [1.54, 1.807) is 6.07 Å². The van der Waals surface area contributed by atoms with Crippen LogP contribution in [0.3, 0.4) is 0 Å². The van der Waals surface area contributed by atoms with Gasteiger partial charge in [0.2, 0.25) is 0 Å². The molecular formula is C16H19F3O2S. The van der Waals surface area contributed by atoms with Crippen molar-refractivity contribution in [2.75, 3.05) is 0 Å². The first kappa shape index (κ1) is 16.0. The van der Waals surface area contributed by atoms with Gasteiger partial charge >= 0.3 is 6.18 Å². The van der Waals surface area contributed by atoms with Gasteiger partial charge in [-0.3, -0.25) is 4.21 Å². The average Bonchev–Trinajstić information content (AvgIpc) is 2.40. The normalized spacial score (nSPS) is 35.4. The lowest BCUT2D eigenvalue weighted by Crippen LogP contribution is -2.47. The van der Waals surface area contributed by atoms with Crippen molar-refractivity contribution >= 4 is 10.8 Å². The molecule has 122 valence electrons. The van der Waals surface area contributed by atoms with Gasteiger partial charge in [0.05, 0.1) is 11.2 Å². The van der Waals surface area contributed by atoms with Gasteiger partial charge in [-0.25, -0.2) is 0 Å². The number of benzene rings is 1. The molecule has 2 aliphatic rings. The van der Waals surface area contributed by atoms with Crippen LogP contribution in [0.5, 0.6) is 0 Å². The third-order valence-corrected chi connectivity index (χ3v) is 7.04. The molecule has 0 aromatic heterocycles. The van der Waals surface area contributed by atoms with Crippen molar-refractivity contribution in [2.45, 2.75) is 61.3 Å². The van der Waals surface area contributed by atoms with Gasteiger partial charge < -0.3 is 5.11 Å². The van der Waals surface area contributed by atoms with Crippen LogP contribution in [0, 0.1) is 6.92 Å². The fourth-order valence-electron chi connectivity index (χ4n) is 3.74. The second kappa shape index (κ2) is 5.34. The molecule has 0 amide bonds. The first-order chi connectivity index (χ1) is 10.2. The van der Waals surface area contributed by atoms with Crippen LogP contribution >= 0.6 is 0 Å². The molecular weight excluding hydrogens is 313 g/mol. The van der Waals surface area contributed by atoms with Crippen LogP contribution in [0.25, 0.3) is 0 Å². The lowest BCUT2D eigenvalue weighted by atomic mass is 9.79. The number of fused-ring (bicyclic) bond motifs is 2. The molecule has 2 heterocycles. The third kappa shape index (κ3) is 2.71. The third-order valence-electron chi connectivity index (χ3n) is 4.92. The molecule has 0 aliphatic carbocycles. The standard InChI is InChI=1S/C16H19F3O2S/c1-10-5-6-11(7-14(10)16(17,18)19)15(20)8-12-3-2-4-13(9-15)22(12)21/h5-7,12-13,20H,2-4,8-9H2,1H3. The van der Waals surface area contributed by atoms with E-state index in [0.29, 0.717) is 5.56 Å². The first-order valence-electron chi connectivity index (χ1n) is 7.51. The number of hydrogen-bond donors (Lipinski definition) is 1. The van der Waals surface area contributed by atoms with Crippen LogP contribution < -0.4 is 0 Å². The van der Waals surface area contributed by atoms with Gasteiger partial charge in [-0.1, -0.05) is 18.6 Å². The van der Waals surface area contributed by atoms with Crippen LogP contribution in [0.4, 0.5) is 13.2 Å². The molecule has 2 atom stereocenters. The molecule has 2 bridgehead atoms. The molecule has 1 aromatic carbocycles. The Morgan fingerprint density at radius 2 is 1.82 bits per heavy atom. The number of rotatable bonds is 1. The Labute approximate surface area is 130 Å². The zero-order chi connectivity index (χ0) is 16.1. The second-order valence-electron chi connectivity index (χ2n) is 6.47. The van der Waals surface area contributed by atoms with Crippen LogP contribution in [0.1, 0.15) is 48.8 Å². The topological polar surface area (TPSA) is 37.3 Å². The Morgan fingerprint density at radius 3 is 2.36 bits per heavy atom. The summed E-state index contributed by atoms with van der Waals surface area (Å²) >= 11 is 0. The van der Waals surface area contributed by atoms with Gasteiger partial charge in [0.25, 0.3) is 0 Å². The Hall–Kier alpha value is -0.880. The molecule has 6 heteroatoms. The minimum Gasteiger partial charge on any atom is -0.385 e. The maximum atomic E-state index is 13.1. The van der Waals surface area contributed by atoms with Gasteiger partial charge in [0.15, 0.2) is 0 Å². The van der Waals surface area contributed by atoms with E-state index in [0.717, 1.165) is 25.3 Å². The number of alkyl halides is 3. The maximum absolute atomic E-state index is 13.1. The maximum Gasteiger partial charge on any atom is 0.416 e. The largest absolute Gasteiger partial charge is 0.416 e. The monoisotopic (exact) mass is 332 g/mol. The van der Waals surface area contributed by atoms with E-state index in [1.165, 1.54) is 13.0 Å². The summed E-state index contributed by atoms with van der Waals surface area (Å²) in [5, 5.41) is 10.7. The van der Waals surface area contributed by atoms with E-state index in [9.17, 15) is 22.5 Å². The smallest absolute Gasteiger partial charge is 0.385 e. The van der Waals surface area contributed by atoms with Crippen molar-refractivity contribution in [3.05, 3.63) is 34.9 Å². The minimum atomic E-state index is -4.43. The van der Waals surface area contributed by atoms with Crippen LogP contribution in [0.15, 0.2) is 18.2 Å². The molecule has 1 aromatic rings. The second-order valence-corrected chi connectivity index (χ2v) is 8.46. The van der Waals surface area contributed by atoms with Crippen molar-refractivity contribution in [3.8, 4) is 0 Å². The van der Waals surface area contributed by atoms with Crippen molar-refractivity contribution in [1.29, 1.82) is 0 Å². The van der Waals surface area contributed by atoms with Crippen LogP contribution in [-0.2, 0) is 22.6 Å². The zero-order valence-electron chi connectivity index (χ0n) is 12.3. The minimum absolute atomic E-state index is 0.104. The van der Waals surface area contributed by atoms with Gasteiger partial charge in [-0.15, -0.1) is 0 Å². The average molecular weight is 332 g/mol. The van der Waals surface area contributed by atoms with E-state index in [1.807, 2.05) is 0 Å². The zero-order valence-corrected chi connectivity index (χ0v) is 13.1. The molecule has 0 spiro atoms. The Morgan fingerprint density at radius 1 is 1.23 bits per heavy atom. The SMILES string of the molecule is Cc1ccc(C2(O)CC3CCCC(C2)S3=O)cc1C(F)(F)F. The Bertz CT molecular complexity index is 596. The number of hydrogen-bond acceptors (Lipinski definition) is 2. The molecule has 22 heavy (non-hydrogen) atoms. The quantitative estimate of drug-likeness (QED) is 0.852. The molecule has 2 fully saturated rings. The summed E-state index contributed by atoms with van der Waals surface area (Å²) in [5.41, 5.74) is -1.54. The number of aliphatic hydroxyl groups is 1. The van der Waals surface area contributed by atoms with Crippen molar-refractivity contribution in [2.24, 2.45) is 0 Å². The molecule has 1 N–H and O–H groups in total. The molecule has 2 saturated heterocycles. The fraction of sp³-hybridized carbons (Fsp3) is 0.625. The van der Waals surface area contributed by atoms with Gasteiger partial charge in [-0.05, 0) is 49.8 Å². The summed E-state index contributed by atoms with van der Waals surface area (Å²) in [4.78, 5) is 0. The van der Waals surface area contributed by atoms with Gasteiger partial charge in [0, 0.05) is 21.3 Å². The summed E-state index contributed by atoms with van der Waals surface area (Å²) < 4.78 is 51.5.